The summed E-state index contributed by atoms with van der Waals surface area (Å²) in [6, 6.07) is 4.60. The number of hydrogen-bond acceptors (Lipinski definition) is 4. The van der Waals surface area contributed by atoms with Crippen molar-refractivity contribution in [3.63, 3.8) is 0 Å². The summed E-state index contributed by atoms with van der Waals surface area (Å²) in [5, 5.41) is 7.13. The van der Waals surface area contributed by atoms with Gasteiger partial charge in [0.1, 0.15) is 12.2 Å². The average Bonchev–Trinajstić information content (AvgIpc) is 3.16. The van der Waals surface area contributed by atoms with Crippen LogP contribution in [0.4, 0.5) is 8.78 Å². The molecule has 3 heterocycles. The SMILES string of the molecule is CCNC(=O)Cn1nc(C)c2c(C(F)F)cc(-c3ccco3)nc21. The van der Waals surface area contributed by atoms with Gasteiger partial charge in [0.25, 0.3) is 6.43 Å². The van der Waals surface area contributed by atoms with Crippen molar-refractivity contribution < 1.29 is 18.0 Å². The van der Waals surface area contributed by atoms with E-state index in [0.717, 1.165) is 0 Å². The Morgan fingerprint density at radius 2 is 2.25 bits per heavy atom. The number of amides is 1. The van der Waals surface area contributed by atoms with Crippen molar-refractivity contribution in [2.45, 2.75) is 26.8 Å². The van der Waals surface area contributed by atoms with Crippen molar-refractivity contribution in [3.8, 4) is 11.5 Å². The predicted molar refractivity (Wildman–Crippen MR) is 83.6 cm³/mol. The summed E-state index contributed by atoms with van der Waals surface area (Å²) in [5.41, 5.74) is 0.747. The van der Waals surface area contributed by atoms with Crippen LogP contribution >= 0.6 is 0 Å². The first-order chi connectivity index (χ1) is 11.5. The monoisotopic (exact) mass is 334 g/mol. The number of hydrogen-bond donors (Lipinski definition) is 1. The fraction of sp³-hybridized carbons (Fsp3) is 0.312. The molecular formula is C16H16F2N4O2. The number of carbonyl (C=O) groups excluding carboxylic acids is 1. The number of nitrogens with zero attached hydrogens (tertiary/aromatic N) is 3. The van der Waals surface area contributed by atoms with Crippen LogP contribution in [0.5, 0.6) is 0 Å². The van der Waals surface area contributed by atoms with Crippen LogP contribution in [0, 0.1) is 6.92 Å². The first-order valence-corrected chi connectivity index (χ1v) is 7.48. The van der Waals surface area contributed by atoms with Crippen LogP contribution in [0.2, 0.25) is 0 Å². The fourth-order valence-corrected chi connectivity index (χ4v) is 2.61. The molecule has 3 rings (SSSR count). The summed E-state index contributed by atoms with van der Waals surface area (Å²) >= 11 is 0. The molecule has 3 aromatic rings. The second-order valence-corrected chi connectivity index (χ2v) is 5.27. The summed E-state index contributed by atoms with van der Waals surface area (Å²) in [4.78, 5) is 16.2. The zero-order valence-electron chi connectivity index (χ0n) is 13.2. The largest absolute Gasteiger partial charge is 0.463 e. The number of furan rings is 1. The summed E-state index contributed by atoms with van der Waals surface area (Å²) in [6.45, 7) is 3.81. The minimum Gasteiger partial charge on any atom is -0.463 e. The minimum atomic E-state index is -2.69. The van der Waals surface area contributed by atoms with Gasteiger partial charge in [-0.25, -0.2) is 18.4 Å². The van der Waals surface area contributed by atoms with Crippen LogP contribution in [0.15, 0.2) is 28.9 Å². The van der Waals surface area contributed by atoms with Gasteiger partial charge in [-0.05, 0) is 32.0 Å². The van der Waals surface area contributed by atoms with Gasteiger partial charge in [0.15, 0.2) is 11.4 Å². The topological polar surface area (TPSA) is 73.0 Å². The highest BCUT2D eigenvalue weighted by Crippen LogP contribution is 2.33. The summed E-state index contributed by atoms with van der Waals surface area (Å²) in [6.07, 6.45) is -1.24. The number of aromatic nitrogens is 3. The quantitative estimate of drug-likeness (QED) is 0.778. The Morgan fingerprint density at radius 1 is 1.46 bits per heavy atom. The fourth-order valence-electron chi connectivity index (χ4n) is 2.61. The summed E-state index contributed by atoms with van der Waals surface area (Å²) in [7, 11) is 0. The van der Waals surface area contributed by atoms with Crippen molar-refractivity contribution in [1.82, 2.24) is 20.1 Å². The van der Waals surface area contributed by atoms with Crippen molar-refractivity contribution >= 4 is 16.9 Å². The number of halogens is 2. The van der Waals surface area contributed by atoms with Crippen molar-refractivity contribution in [2.24, 2.45) is 0 Å². The number of fused-ring (bicyclic) bond motifs is 1. The minimum absolute atomic E-state index is 0.0878. The Kier molecular flexibility index (Phi) is 4.28. The highest BCUT2D eigenvalue weighted by molar-refractivity contribution is 5.86. The molecule has 0 aromatic carbocycles. The molecule has 8 heteroatoms. The van der Waals surface area contributed by atoms with Crippen molar-refractivity contribution in [1.29, 1.82) is 0 Å². The molecule has 24 heavy (non-hydrogen) atoms. The number of pyridine rings is 1. The van der Waals surface area contributed by atoms with Gasteiger partial charge in [-0.3, -0.25) is 4.79 Å². The normalized spacial score (nSPS) is 11.4. The number of alkyl halides is 2. The number of aryl methyl sites for hydroxylation is 1. The Bertz CT molecular complexity index is 872. The molecule has 0 aliphatic rings. The molecule has 1 N–H and O–H groups in total. The molecule has 0 fully saturated rings. The van der Waals surface area contributed by atoms with E-state index in [-0.39, 0.29) is 34.7 Å². The van der Waals surface area contributed by atoms with Crippen LogP contribution in [0.1, 0.15) is 24.6 Å². The first-order valence-electron chi connectivity index (χ1n) is 7.48. The van der Waals surface area contributed by atoms with Crippen molar-refractivity contribution in [3.05, 3.63) is 35.7 Å². The molecule has 126 valence electrons. The standard InChI is InChI=1S/C16H16F2N4O2/c1-3-19-13(23)8-22-16-14(9(2)21-22)10(15(17)18)7-11(20-16)12-5-4-6-24-12/h4-7,15H,3,8H2,1-2H3,(H,19,23). The van der Waals surface area contributed by atoms with E-state index < -0.39 is 6.43 Å². The van der Waals surface area contributed by atoms with Crippen molar-refractivity contribution in [2.75, 3.05) is 6.54 Å². The zero-order chi connectivity index (χ0) is 17.3. The van der Waals surface area contributed by atoms with Gasteiger partial charge in [-0.15, -0.1) is 0 Å². The molecule has 0 saturated heterocycles. The van der Waals surface area contributed by atoms with E-state index >= 15 is 0 Å². The number of rotatable bonds is 5. The van der Waals surface area contributed by atoms with Gasteiger partial charge in [0, 0.05) is 12.1 Å². The highest BCUT2D eigenvalue weighted by atomic mass is 19.3. The van der Waals surface area contributed by atoms with E-state index in [0.29, 0.717) is 18.0 Å². The number of carbonyl (C=O) groups is 1. The van der Waals surface area contributed by atoms with E-state index in [9.17, 15) is 13.6 Å². The second-order valence-electron chi connectivity index (χ2n) is 5.27. The van der Waals surface area contributed by atoms with Gasteiger partial charge in [0.2, 0.25) is 5.91 Å². The first kappa shape index (κ1) is 16.1. The molecule has 3 aromatic heterocycles. The molecule has 0 radical (unpaired) electrons. The third kappa shape index (κ3) is 2.86. The molecule has 0 aliphatic carbocycles. The van der Waals surface area contributed by atoms with Gasteiger partial charge in [0.05, 0.1) is 17.3 Å². The molecule has 0 aliphatic heterocycles. The molecule has 0 unspecified atom stereocenters. The van der Waals surface area contributed by atoms with Gasteiger partial charge in [-0.2, -0.15) is 5.10 Å². The van der Waals surface area contributed by atoms with E-state index in [2.05, 4.69) is 15.4 Å². The van der Waals surface area contributed by atoms with Gasteiger partial charge in [-0.1, -0.05) is 0 Å². The Labute approximate surface area is 136 Å². The molecule has 0 saturated carbocycles. The second kappa shape index (κ2) is 6.38. The van der Waals surface area contributed by atoms with Gasteiger partial charge >= 0.3 is 0 Å². The van der Waals surface area contributed by atoms with E-state index in [1.807, 2.05) is 0 Å². The highest BCUT2D eigenvalue weighted by Gasteiger charge is 2.22. The zero-order valence-corrected chi connectivity index (χ0v) is 13.2. The smallest absolute Gasteiger partial charge is 0.264 e. The summed E-state index contributed by atoms with van der Waals surface area (Å²) in [5.74, 6) is 0.118. The third-order valence-electron chi connectivity index (χ3n) is 3.58. The number of nitrogens with one attached hydrogen (secondary N) is 1. The molecule has 6 nitrogen and oxygen atoms in total. The lowest BCUT2D eigenvalue weighted by molar-refractivity contribution is -0.121. The molecular weight excluding hydrogens is 318 g/mol. The van der Waals surface area contributed by atoms with E-state index in [4.69, 9.17) is 4.42 Å². The lowest BCUT2D eigenvalue weighted by atomic mass is 10.1. The summed E-state index contributed by atoms with van der Waals surface area (Å²) < 4.78 is 33.6. The number of likely N-dealkylation sites (N-methyl/N-ethyl adjacent to an activating group) is 1. The lowest BCUT2D eigenvalue weighted by Crippen LogP contribution is -2.27. The van der Waals surface area contributed by atoms with Crippen LogP contribution in [-0.4, -0.2) is 27.2 Å². The van der Waals surface area contributed by atoms with Crippen LogP contribution in [0.3, 0.4) is 0 Å². The lowest BCUT2D eigenvalue weighted by Gasteiger charge is -2.07. The van der Waals surface area contributed by atoms with E-state index in [1.54, 1.807) is 26.0 Å². The maximum absolute atomic E-state index is 13.5. The molecule has 0 bridgehead atoms. The van der Waals surface area contributed by atoms with Crippen LogP contribution in [0.25, 0.3) is 22.5 Å². The maximum atomic E-state index is 13.5. The average molecular weight is 334 g/mol. The predicted octanol–water partition coefficient (Wildman–Crippen LogP) is 3.07. The van der Waals surface area contributed by atoms with Crippen LogP contribution < -0.4 is 5.32 Å². The molecule has 1 amide bonds. The Morgan fingerprint density at radius 3 is 2.88 bits per heavy atom. The maximum Gasteiger partial charge on any atom is 0.264 e. The van der Waals surface area contributed by atoms with Gasteiger partial charge < -0.3 is 9.73 Å². The van der Waals surface area contributed by atoms with Crippen LogP contribution in [-0.2, 0) is 11.3 Å². The Hall–Kier alpha value is -2.77. The van der Waals surface area contributed by atoms with E-state index in [1.165, 1.54) is 17.0 Å². The Balaban J connectivity index is 2.19. The molecule has 0 spiro atoms. The third-order valence-corrected chi connectivity index (χ3v) is 3.58. The molecule has 0 atom stereocenters.